The van der Waals surface area contributed by atoms with Gasteiger partial charge in [-0.2, -0.15) is 0 Å². The SMILES string of the molecule is Cl.O=C(Nc1cccc(N2CCCC2=O)c1)[C@@H]1CCCCN1. The first-order chi connectivity index (χ1) is 10.2. The third-order valence-electron chi connectivity index (χ3n) is 4.13. The molecule has 2 amide bonds. The summed E-state index contributed by atoms with van der Waals surface area (Å²) in [5, 5.41) is 6.19. The van der Waals surface area contributed by atoms with Crippen molar-refractivity contribution >= 4 is 35.6 Å². The van der Waals surface area contributed by atoms with Gasteiger partial charge < -0.3 is 15.5 Å². The molecule has 22 heavy (non-hydrogen) atoms. The topological polar surface area (TPSA) is 61.4 Å². The number of amides is 2. The van der Waals surface area contributed by atoms with Crippen molar-refractivity contribution in [1.82, 2.24) is 5.32 Å². The van der Waals surface area contributed by atoms with Gasteiger partial charge in [0.1, 0.15) is 0 Å². The van der Waals surface area contributed by atoms with Gasteiger partial charge in [-0.15, -0.1) is 12.4 Å². The van der Waals surface area contributed by atoms with Gasteiger partial charge in [0.05, 0.1) is 6.04 Å². The molecule has 2 fully saturated rings. The Kier molecular flexibility index (Phi) is 5.80. The molecule has 1 aromatic carbocycles. The van der Waals surface area contributed by atoms with E-state index in [9.17, 15) is 9.59 Å². The van der Waals surface area contributed by atoms with Crippen LogP contribution in [-0.2, 0) is 9.59 Å². The Hall–Kier alpha value is -1.59. The summed E-state index contributed by atoms with van der Waals surface area (Å²) in [6, 6.07) is 7.44. The summed E-state index contributed by atoms with van der Waals surface area (Å²) in [5.41, 5.74) is 1.62. The summed E-state index contributed by atoms with van der Waals surface area (Å²) in [6.07, 6.45) is 4.63. The molecule has 3 rings (SSSR count). The molecule has 1 aromatic rings. The first kappa shape index (κ1) is 16.8. The van der Waals surface area contributed by atoms with Gasteiger partial charge in [-0.05, 0) is 44.0 Å². The van der Waals surface area contributed by atoms with E-state index in [4.69, 9.17) is 0 Å². The molecule has 0 radical (unpaired) electrons. The average molecular weight is 324 g/mol. The standard InChI is InChI=1S/C16H21N3O2.ClH/c20-15-8-4-10-19(15)13-6-3-5-12(11-13)18-16(21)14-7-1-2-9-17-14;/h3,5-6,11,14,17H,1-2,4,7-10H2,(H,18,21);1H/t14-;/m0./s1. The summed E-state index contributed by atoms with van der Waals surface area (Å²) in [5.74, 6) is 0.173. The molecule has 1 atom stereocenters. The molecule has 0 bridgehead atoms. The van der Waals surface area contributed by atoms with Crippen molar-refractivity contribution < 1.29 is 9.59 Å². The lowest BCUT2D eigenvalue weighted by Crippen LogP contribution is -2.43. The van der Waals surface area contributed by atoms with E-state index in [0.717, 1.165) is 50.1 Å². The molecular formula is C16H22ClN3O2. The van der Waals surface area contributed by atoms with Crippen molar-refractivity contribution in [3.8, 4) is 0 Å². The van der Waals surface area contributed by atoms with E-state index >= 15 is 0 Å². The molecule has 6 heteroatoms. The van der Waals surface area contributed by atoms with Crippen molar-refractivity contribution in [1.29, 1.82) is 0 Å². The van der Waals surface area contributed by atoms with Crippen molar-refractivity contribution in [2.45, 2.75) is 38.1 Å². The van der Waals surface area contributed by atoms with Gasteiger partial charge in [0, 0.05) is 24.3 Å². The van der Waals surface area contributed by atoms with Crippen molar-refractivity contribution in [3.63, 3.8) is 0 Å². The summed E-state index contributed by atoms with van der Waals surface area (Å²) in [7, 11) is 0. The number of anilines is 2. The number of rotatable bonds is 3. The molecule has 2 aliphatic heterocycles. The summed E-state index contributed by atoms with van der Waals surface area (Å²) < 4.78 is 0. The normalized spacial score (nSPS) is 21.4. The molecule has 2 saturated heterocycles. The van der Waals surface area contributed by atoms with Crippen LogP contribution >= 0.6 is 12.4 Å². The van der Waals surface area contributed by atoms with Gasteiger partial charge in [-0.3, -0.25) is 9.59 Å². The minimum Gasteiger partial charge on any atom is -0.325 e. The zero-order valence-electron chi connectivity index (χ0n) is 12.5. The zero-order valence-corrected chi connectivity index (χ0v) is 13.3. The Bertz CT molecular complexity index is 544. The molecule has 2 aliphatic rings. The van der Waals surface area contributed by atoms with Crippen molar-refractivity contribution in [3.05, 3.63) is 24.3 Å². The molecule has 2 heterocycles. The van der Waals surface area contributed by atoms with E-state index in [1.807, 2.05) is 24.3 Å². The quantitative estimate of drug-likeness (QED) is 0.897. The molecule has 120 valence electrons. The van der Waals surface area contributed by atoms with Gasteiger partial charge >= 0.3 is 0 Å². The van der Waals surface area contributed by atoms with Crippen LogP contribution in [0.15, 0.2) is 24.3 Å². The maximum atomic E-state index is 12.2. The molecule has 0 aliphatic carbocycles. The van der Waals surface area contributed by atoms with E-state index in [-0.39, 0.29) is 30.3 Å². The number of carbonyl (C=O) groups excluding carboxylic acids is 2. The Balaban J connectivity index is 0.00000176. The maximum absolute atomic E-state index is 12.2. The fraction of sp³-hybridized carbons (Fsp3) is 0.500. The van der Waals surface area contributed by atoms with Crippen LogP contribution in [0.5, 0.6) is 0 Å². The number of carbonyl (C=O) groups is 2. The zero-order chi connectivity index (χ0) is 14.7. The van der Waals surface area contributed by atoms with Crippen LogP contribution in [0.1, 0.15) is 32.1 Å². The van der Waals surface area contributed by atoms with Crippen LogP contribution in [0.3, 0.4) is 0 Å². The Morgan fingerprint density at radius 2 is 2.14 bits per heavy atom. The molecular weight excluding hydrogens is 302 g/mol. The molecule has 0 spiro atoms. The van der Waals surface area contributed by atoms with Crippen LogP contribution < -0.4 is 15.5 Å². The minimum absolute atomic E-state index is 0. The molecule has 0 saturated carbocycles. The Morgan fingerprint density at radius 1 is 1.27 bits per heavy atom. The minimum atomic E-state index is -0.101. The van der Waals surface area contributed by atoms with Gasteiger partial charge in [0.2, 0.25) is 11.8 Å². The first-order valence-electron chi connectivity index (χ1n) is 7.69. The van der Waals surface area contributed by atoms with E-state index in [1.165, 1.54) is 0 Å². The number of nitrogens with zero attached hydrogens (tertiary/aromatic N) is 1. The number of nitrogens with one attached hydrogen (secondary N) is 2. The van der Waals surface area contributed by atoms with E-state index in [2.05, 4.69) is 10.6 Å². The number of hydrogen-bond donors (Lipinski definition) is 2. The maximum Gasteiger partial charge on any atom is 0.241 e. The molecule has 5 nitrogen and oxygen atoms in total. The first-order valence-corrected chi connectivity index (χ1v) is 7.69. The number of piperidine rings is 1. The largest absolute Gasteiger partial charge is 0.325 e. The lowest BCUT2D eigenvalue weighted by molar-refractivity contribution is -0.118. The van der Waals surface area contributed by atoms with E-state index in [1.54, 1.807) is 4.90 Å². The fourth-order valence-electron chi connectivity index (χ4n) is 2.98. The van der Waals surface area contributed by atoms with E-state index < -0.39 is 0 Å². The Labute approximate surface area is 136 Å². The van der Waals surface area contributed by atoms with Crippen LogP contribution in [0.4, 0.5) is 11.4 Å². The van der Waals surface area contributed by atoms with Crippen molar-refractivity contribution in [2.24, 2.45) is 0 Å². The summed E-state index contributed by atoms with van der Waals surface area (Å²) >= 11 is 0. The van der Waals surface area contributed by atoms with E-state index in [0.29, 0.717) is 6.42 Å². The summed E-state index contributed by atoms with van der Waals surface area (Å²) in [4.78, 5) is 25.8. The highest BCUT2D eigenvalue weighted by Crippen LogP contribution is 2.24. The van der Waals surface area contributed by atoms with Gasteiger partial charge in [-0.25, -0.2) is 0 Å². The third-order valence-corrected chi connectivity index (χ3v) is 4.13. The summed E-state index contributed by atoms with van der Waals surface area (Å²) in [6.45, 7) is 1.67. The van der Waals surface area contributed by atoms with Crippen LogP contribution in [0.2, 0.25) is 0 Å². The number of benzene rings is 1. The second-order valence-electron chi connectivity index (χ2n) is 5.69. The predicted octanol–water partition coefficient (Wildman–Crippen LogP) is 2.32. The monoisotopic (exact) mass is 323 g/mol. The molecule has 0 aromatic heterocycles. The van der Waals surface area contributed by atoms with Gasteiger partial charge in [-0.1, -0.05) is 12.5 Å². The lowest BCUT2D eigenvalue weighted by Gasteiger charge is -2.23. The van der Waals surface area contributed by atoms with Gasteiger partial charge in [0.15, 0.2) is 0 Å². The smallest absolute Gasteiger partial charge is 0.241 e. The highest BCUT2D eigenvalue weighted by Gasteiger charge is 2.23. The Morgan fingerprint density at radius 3 is 2.82 bits per heavy atom. The average Bonchev–Trinajstić information content (AvgIpc) is 2.94. The number of halogens is 1. The predicted molar refractivity (Wildman–Crippen MR) is 89.5 cm³/mol. The van der Waals surface area contributed by atoms with Crippen LogP contribution in [0.25, 0.3) is 0 Å². The fourth-order valence-corrected chi connectivity index (χ4v) is 2.98. The second-order valence-corrected chi connectivity index (χ2v) is 5.69. The third kappa shape index (κ3) is 3.78. The van der Waals surface area contributed by atoms with Gasteiger partial charge in [0.25, 0.3) is 0 Å². The highest BCUT2D eigenvalue weighted by molar-refractivity contribution is 5.98. The number of hydrogen-bond acceptors (Lipinski definition) is 3. The van der Waals surface area contributed by atoms with Crippen LogP contribution in [-0.4, -0.2) is 30.9 Å². The molecule has 2 N–H and O–H groups in total. The molecule has 0 unspecified atom stereocenters. The highest BCUT2D eigenvalue weighted by atomic mass is 35.5. The van der Waals surface area contributed by atoms with Crippen LogP contribution in [0, 0.1) is 0 Å². The van der Waals surface area contributed by atoms with Crippen molar-refractivity contribution in [2.75, 3.05) is 23.3 Å². The second kappa shape index (κ2) is 7.61. The lowest BCUT2D eigenvalue weighted by atomic mass is 10.0.